The van der Waals surface area contributed by atoms with Gasteiger partial charge in [0, 0.05) is 24.4 Å². The summed E-state index contributed by atoms with van der Waals surface area (Å²) in [6.07, 6.45) is 4.83. The number of benzene rings is 1. The lowest BCUT2D eigenvalue weighted by Crippen LogP contribution is -2.47. The molecule has 0 spiro atoms. The van der Waals surface area contributed by atoms with Crippen molar-refractivity contribution in [3.63, 3.8) is 0 Å². The average molecular weight is 352 g/mol. The van der Waals surface area contributed by atoms with Crippen molar-refractivity contribution >= 4 is 0 Å². The Hall–Kier alpha value is -2.44. The monoisotopic (exact) mass is 352 g/mol. The van der Waals surface area contributed by atoms with E-state index < -0.39 is 5.54 Å². The van der Waals surface area contributed by atoms with E-state index in [2.05, 4.69) is 33.8 Å². The van der Waals surface area contributed by atoms with Gasteiger partial charge in [-0.3, -0.25) is 10.00 Å². The van der Waals surface area contributed by atoms with Crippen molar-refractivity contribution in [3.8, 4) is 11.3 Å². The lowest BCUT2D eigenvalue weighted by atomic mass is 9.77. The number of aromatic nitrogens is 3. The summed E-state index contributed by atoms with van der Waals surface area (Å²) < 4.78 is 7.34. The Labute approximate surface area is 152 Å². The quantitative estimate of drug-likeness (QED) is 0.738. The van der Waals surface area contributed by atoms with Crippen LogP contribution in [0.3, 0.4) is 0 Å². The highest BCUT2D eigenvalue weighted by Gasteiger charge is 2.35. The van der Waals surface area contributed by atoms with Crippen LogP contribution >= 0.6 is 0 Å². The third-order valence-corrected chi connectivity index (χ3v) is 5.52. The largest absolute Gasteiger partial charge is 0.394 e. The van der Waals surface area contributed by atoms with E-state index >= 15 is 0 Å². The fourth-order valence-electron chi connectivity index (χ4n) is 3.85. The van der Waals surface area contributed by atoms with Gasteiger partial charge in [-0.2, -0.15) is 5.10 Å². The molecule has 0 bridgehead atoms. The van der Waals surface area contributed by atoms with E-state index in [0.29, 0.717) is 6.54 Å². The van der Waals surface area contributed by atoms with Crippen molar-refractivity contribution in [2.24, 2.45) is 7.05 Å². The third-order valence-electron chi connectivity index (χ3n) is 5.52. The zero-order valence-electron chi connectivity index (χ0n) is 15.2. The van der Waals surface area contributed by atoms with E-state index in [9.17, 15) is 5.11 Å². The summed E-state index contributed by atoms with van der Waals surface area (Å²) in [4.78, 5) is 0. The van der Waals surface area contributed by atoms with Crippen LogP contribution in [-0.2, 0) is 25.6 Å². The molecular weight excluding hydrogens is 328 g/mol. The van der Waals surface area contributed by atoms with Gasteiger partial charge in [0.25, 0.3) is 0 Å². The highest BCUT2D eigenvalue weighted by atomic mass is 16.5. The Morgan fingerprint density at radius 1 is 1.35 bits per heavy atom. The van der Waals surface area contributed by atoms with Crippen molar-refractivity contribution in [2.45, 2.75) is 38.3 Å². The van der Waals surface area contributed by atoms with Gasteiger partial charge < -0.3 is 9.63 Å². The number of rotatable bonds is 5. The summed E-state index contributed by atoms with van der Waals surface area (Å²) in [6.45, 7) is 2.59. The molecule has 0 saturated heterocycles. The molecule has 0 saturated carbocycles. The molecule has 0 aliphatic heterocycles. The van der Waals surface area contributed by atoms with E-state index in [1.54, 1.807) is 6.20 Å². The van der Waals surface area contributed by atoms with Gasteiger partial charge in [0.2, 0.25) is 0 Å². The first kappa shape index (κ1) is 17.0. The Kier molecular flexibility index (Phi) is 4.38. The summed E-state index contributed by atoms with van der Waals surface area (Å²) in [6, 6.07) is 10.3. The zero-order valence-corrected chi connectivity index (χ0v) is 15.2. The standard InChI is InChI=1S/C20H24N4O2/c1-14-17(12-22-24(14)2)19-10-16(26-23-19)11-21-20(13-25)9-5-7-15-6-3-4-8-18(15)20/h3-4,6,8,10,12,21,25H,5,7,9,11,13H2,1-2H3/t20-/m1/s1. The first-order valence-electron chi connectivity index (χ1n) is 9.02. The molecule has 0 unspecified atom stereocenters. The van der Waals surface area contributed by atoms with Crippen LogP contribution in [0.15, 0.2) is 41.1 Å². The molecule has 1 aromatic carbocycles. The average Bonchev–Trinajstić information content (AvgIpc) is 3.27. The molecule has 0 amide bonds. The van der Waals surface area contributed by atoms with Crippen molar-refractivity contribution in [2.75, 3.05) is 6.61 Å². The number of hydrogen-bond acceptors (Lipinski definition) is 5. The molecule has 1 aliphatic carbocycles. The maximum Gasteiger partial charge on any atom is 0.151 e. The first-order chi connectivity index (χ1) is 12.6. The van der Waals surface area contributed by atoms with Crippen LogP contribution in [0, 0.1) is 6.92 Å². The smallest absolute Gasteiger partial charge is 0.151 e. The van der Waals surface area contributed by atoms with Gasteiger partial charge in [-0.15, -0.1) is 0 Å². The van der Waals surface area contributed by atoms with Crippen LogP contribution in [-0.4, -0.2) is 26.7 Å². The van der Waals surface area contributed by atoms with Gasteiger partial charge in [-0.25, -0.2) is 0 Å². The second kappa shape index (κ2) is 6.70. The SMILES string of the molecule is Cc1c(-c2cc(CN[C@@]3(CO)CCCc4ccccc43)on2)cnn1C. The van der Waals surface area contributed by atoms with E-state index in [0.717, 1.165) is 42.0 Å². The van der Waals surface area contributed by atoms with E-state index in [4.69, 9.17) is 4.52 Å². The molecule has 136 valence electrons. The normalized spacial score (nSPS) is 19.5. The highest BCUT2D eigenvalue weighted by Crippen LogP contribution is 2.35. The lowest BCUT2D eigenvalue weighted by molar-refractivity contribution is 0.136. The first-order valence-corrected chi connectivity index (χ1v) is 9.02. The number of hydrogen-bond donors (Lipinski definition) is 2. The third kappa shape index (κ3) is 2.85. The number of fused-ring (bicyclic) bond motifs is 1. The van der Waals surface area contributed by atoms with Crippen LogP contribution in [0.2, 0.25) is 0 Å². The van der Waals surface area contributed by atoms with Gasteiger partial charge in [0.05, 0.1) is 24.9 Å². The van der Waals surface area contributed by atoms with Crippen molar-refractivity contribution < 1.29 is 9.63 Å². The Morgan fingerprint density at radius 2 is 2.19 bits per heavy atom. The number of aryl methyl sites for hydroxylation is 2. The second-order valence-electron chi connectivity index (χ2n) is 7.05. The van der Waals surface area contributed by atoms with Gasteiger partial charge in [-0.1, -0.05) is 29.4 Å². The Balaban J connectivity index is 1.55. The van der Waals surface area contributed by atoms with Crippen LogP contribution in [0.25, 0.3) is 11.3 Å². The van der Waals surface area contributed by atoms with Crippen molar-refractivity contribution in [3.05, 3.63) is 59.1 Å². The fourth-order valence-corrected chi connectivity index (χ4v) is 3.85. The van der Waals surface area contributed by atoms with Gasteiger partial charge in [0.1, 0.15) is 5.69 Å². The molecule has 2 heterocycles. The lowest BCUT2D eigenvalue weighted by Gasteiger charge is -2.38. The predicted octanol–water partition coefficient (Wildman–Crippen LogP) is 2.70. The maximum absolute atomic E-state index is 10.2. The summed E-state index contributed by atoms with van der Waals surface area (Å²) in [5, 5.41) is 22.1. The number of nitrogens with one attached hydrogen (secondary N) is 1. The molecule has 6 nitrogen and oxygen atoms in total. The second-order valence-corrected chi connectivity index (χ2v) is 7.05. The molecule has 1 atom stereocenters. The molecule has 4 rings (SSSR count). The molecule has 2 N–H and O–H groups in total. The summed E-state index contributed by atoms with van der Waals surface area (Å²) in [7, 11) is 1.91. The van der Waals surface area contributed by atoms with Gasteiger partial charge in [0.15, 0.2) is 5.76 Å². The Bertz CT molecular complexity index is 914. The molecule has 2 aromatic heterocycles. The minimum Gasteiger partial charge on any atom is -0.394 e. The summed E-state index contributed by atoms with van der Waals surface area (Å²) in [5.74, 6) is 0.749. The molecule has 6 heteroatoms. The molecule has 26 heavy (non-hydrogen) atoms. The van der Waals surface area contributed by atoms with E-state index in [1.807, 2.05) is 30.8 Å². The van der Waals surface area contributed by atoms with Crippen LogP contribution in [0.1, 0.15) is 35.4 Å². The number of aliphatic hydroxyl groups is 1. The minimum atomic E-state index is -0.425. The summed E-state index contributed by atoms with van der Waals surface area (Å²) >= 11 is 0. The summed E-state index contributed by atoms with van der Waals surface area (Å²) in [5.41, 5.74) is 4.88. The minimum absolute atomic E-state index is 0.0622. The molecule has 1 aliphatic rings. The molecular formula is C20H24N4O2. The molecule has 0 fully saturated rings. The van der Waals surface area contributed by atoms with Crippen molar-refractivity contribution in [1.82, 2.24) is 20.3 Å². The van der Waals surface area contributed by atoms with Gasteiger partial charge in [-0.05, 0) is 37.3 Å². The van der Waals surface area contributed by atoms with Gasteiger partial charge >= 0.3 is 0 Å². The van der Waals surface area contributed by atoms with E-state index in [1.165, 1.54) is 11.1 Å². The fraction of sp³-hybridized carbons (Fsp3) is 0.400. The highest BCUT2D eigenvalue weighted by molar-refractivity contribution is 5.60. The predicted molar refractivity (Wildman–Crippen MR) is 98.4 cm³/mol. The maximum atomic E-state index is 10.2. The van der Waals surface area contributed by atoms with Crippen LogP contribution < -0.4 is 5.32 Å². The number of nitrogens with zero attached hydrogens (tertiary/aromatic N) is 3. The Morgan fingerprint density at radius 3 is 2.96 bits per heavy atom. The number of aliphatic hydroxyl groups excluding tert-OH is 1. The zero-order chi connectivity index (χ0) is 18.1. The molecule has 0 radical (unpaired) electrons. The molecule has 3 aromatic rings. The van der Waals surface area contributed by atoms with Crippen LogP contribution in [0.5, 0.6) is 0 Å². The topological polar surface area (TPSA) is 76.1 Å². The van der Waals surface area contributed by atoms with E-state index in [-0.39, 0.29) is 6.61 Å². The van der Waals surface area contributed by atoms with Crippen molar-refractivity contribution in [1.29, 1.82) is 0 Å². The van der Waals surface area contributed by atoms with Crippen LogP contribution in [0.4, 0.5) is 0 Å².